The van der Waals surface area contributed by atoms with Crippen LogP contribution in [0.15, 0.2) is 23.8 Å². The predicted octanol–water partition coefficient (Wildman–Crippen LogP) is 4.60. The highest BCUT2D eigenvalue weighted by atomic mass is 16.7. The Morgan fingerprint density at radius 2 is 1.97 bits per heavy atom. The SMILES string of the molecule is C=C1CCC2(OC1)OC1CC3C4CC=C5CC(O)CCC5(C)C4C(O)CC3(C)C1C2C. The number of allylic oxidation sites excluding steroid dienone is 1. The maximum Gasteiger partial charge on any atom is 0.172 e. The second-order valence-corrected chi connectivity index (χ2v) is 12.4. The van der Waals surface area contributed by atoms with E-state index >= 15 is 0 Å². The van der Waals surface area contributed by atoms with Crippen molar-refractivity contribution in [2.45, 2.75) is 96.2 Å². The molecule has 6 aliphatic rings. The summed E-state index contributed by atoms with van der Waals surface area (Å²) in [4.78, 5) is 0. The van der Waals surface area contributed by atoms with E-state index in [1.807, 2.05) is 0 Å². The number of rotatable bonds is 0. The fraction of sp³-hybridized carbons (Fsp3) is 0.852. The average Bonchev–Trinajstić information content (AvgIpc) is 3.15. The van der Waals surface area contributed by atoms with E-state index in [4.69, 9.17) is 9.47 Å². The minimum atomic E-state index is -0.447. The molecule has 4 aliphatic carbocycles. The monoisotopic (exact) mass is 428 g/mol. The van der Waals surface area contributed by atoms with Gasteiger partial charge in [0.1, 0.15) is 0 Å². The predicted molar refractivity (Wildman–Crippen MR) is 119 cm³/mol. The van der Waals surface area contributed by atoms with Gasteiger partial charge in [-0.25, -0.2) is 0 Å². The van der Waals surface area contributed by atoms with E-state index in [0.717, 1.165) is 51.4 Å². The Balaban J connectivity index is 1.32. The van der Waals surface area contributed by atoms with Gasteiger partial charge in [0, 0.05) is 12.3 Å². The van der Waals surface area contributed by atoms with Gasteiger partial charge in [-0.3, -0.25) is 0 Å². The quantitative estimate of drug-likeness (QED) is 0.554. The summed E-state index contributed by atoms with van der Waals surface area (Å²) in [6, 6.07) is 0. The Morgan fingerprint density at radius 3 is 2.71 bits per heavy atom. The van der Waals surface area contributed by atoms with Gasteiger partial charge >= 0.3 is 0 Å². The lowest BCUT2D eigenvalue weighted by Crippen LogP contribution is -2.57. The zero-order chi connectivity index (χ0) is 21.8. The van der Waals surface area contributed by atoms with Crippen molar-refractivity contribution in [1.29, 1.82) is 0 Å². The van der Waals surface area contributed by atoms with E-state index < -0.39 is 5.79 Å². The van der Waals surface area contributed by atoms with Gasteiger partial charge in [0.2, 0.25) is 0 Å². The maximum atomic E-state index is 11.7. The molecule has 172 valence electrons. The number of aliphatic hydroxyl groups excluding tert-OH is 2. The Kier molecular flexibility index (Phi) is 4.50. The van der Waals surface area contributed by atoms with Crippen LogP contribution in [0.3, 0.4) is 0 Å². The largest absolute Gasteiger partial charge is 0.393 e. The third-order valence-corrected chi connectivity index (χ3v) is 11.0. The van der Waals surface area contributed by atoms with Gasteiger partial charge < -0.3 is 19.7 Å². The number of hydrogen-bond donors (Lipinski definition) is 2. The van der Waals surface area contributed by atoms with Gasteiger partial charge in [-0.2, -0.15) is 0 Å². The van der Waals surface area contributed by atoms with E-state index in [1.165, 1.54) is 11.1 Å². The third kappa shape index (κ3) is 2.68. The molecule has 0 bridgehead atoms. The van der Waals surface area contributed by atoms with Crippen molar-refractivity contribution >= 4 is 0 Å². The molecule has 0 aromatic carbocycles. The third-order valence-electron chi connectivity index (χ3n) is 11.0. The standard InChI is InChI=1S/C27H40O4/c1-15-7-10-27(30-14-15)16(2)23-22(31-27)12-20-19-6-5-17-11-18(28)8-9-25(17,3)24(19)21(29)13-26(20,23)4/h5,16,18-24,28-29H,1,6-14H2,2-4H3. The van der Waals surface area contributed by atoms with Crippen LogP contribution in [0.25, 0.3) is 0 Å². The normalized spacial score (nSPS) is 58.4. The van der Waals surface area contributed by atoms with E-state index in [2.05, 4.69) is 33.4 Å². The molecule has 5 fully saturated rings. The molecule has 6 rings (SSSR count). The summed E-state index contributed by atoms with van der Waals surface area (Å²) in [6.07, 6.45) is 9.82. The summed E-state index contributed by atoms with van der Waals surface area (Å²) in [7, 11) is 0. The molecular formula is C27H40O4. The lowest BCUT2D eigenvalue weighted by Gasteiger charge is -2.60. The molecule has 0 aromatic rings. The van der Waals surface area contributed by atoms with Crippen LogP contribution in [0.1, 0.15) is 72.1 Å². The molecule has 4 heteroatoms. The molecule has 2 heterocycles. The second kappa shape index (κ2) is 6.68. The van der Waals surface area contributed by atoms with Gasteiger partial charge in [-0.1, -0.05) is 44.6 Å². The molecule has 0 aromatic heterocycles. The lowest BCUT2D eigenvalue weighted by atomic mass is 9.46. The highest BCUT2D eigenvalue weighted by Gasteiger charge is 2.70. The Hall–Kier alpha value is -0.680. The first-order chi connectivity index (χ1) is 14.7. The molecule has 4 nitrogen and oxygen atoms in total. The van der Waals surface area contributed by atoms with E-state index in [-0.39, 0.29) is 29.1 Å². The molecule has 2 saturated heterocycles. The number of fused-ring (bicyclic) bond motifs is 7. The van der Waals surface area contributed by atoms with Gasteiger partial charge in [-0.05, 0) is 79.4 Å². The lowest BCUT2D eigenvalue weighted by molar-refractivity contribution is -0.256. The molecule has 0 amide bonds. The van der Waals surface area contributed by atoms with Crippen molar-refractivity contribution in [3.63, 3.8) is 0 Å². The summed E-state index contributed by atoms with van der Waals surface area (Å²) < 4.78 is 13.1. The van der Waals surface area contributed by atoms with Crippen LogP contribution in [0.5, 0.6) is 0 Å². The Bertz CT molecular complexity index is 808. The minimum Gasteiger partial charge on any atom is -0.393 e. The summed E-state index contributed by atoms with van der Waals surface area (Å²) in [6.45, 7) is 11.9. The summed E-state index contributed by atoms with van der Waals surface area (Å²) in [5.74, 6) is 1.77. The average molecular weight is 429 g/mol. The molecule has 11 atom stereocenters. The van der Waals surface area contributed by atoms with Crippen molar-refractivity contribution in [2.24, 2.45) is 40.4 Å². The number of ether oxygens (including phenoxy) is 2. The van der Waals surface area contributed by atoms with Crippen molar-refractivity contribution in [1.82, 2.24) is 0 Å². The summed E-state index contributed by atoms with van der Waals surface area (Å²) in [5.41, 5.74) is 2.73. The zero-order valence-electron chi connectivity index (χ0n) is 19.5. The smallest absolute Gasteiger partial charge is 0.172 e. The topological polar surface area (TPSA) is 58.9 Å². The second-order valence-electron chi connectivity index (χ2n) is 12.4. The maximum absolute atomic E-state index is 11.7. The molecule has 1 spiro atoms. The molecule has 31 heavy (non-hydrogen) atoms. The van der Waals surface area contributed by atoms with Gasteiger partial charge in [-0.15, -0.1) is 0 Å². The number of aliphatic hydroxyl groups is 2. The molecule has 3 saturated carbocycles. The Morgan fingerprint density at radius 1 is 1.16 bits per heavy atom. The molecule has 2 N–H and O–H groups in total. The van der Waals surface area contributed by atoms with Gasteiger partial charge in [0.15, 0.2) is 5.79 Å². The highest BCUT2D eigenvalue weighted by molar-refractivity contribution is 5.27. The summed E-state index contributed by atoms with van der Waals surface area (Å²) in [5, 5.41) is 21.9. The van der Waals surface area contributed by atoms with Crippen molar-refractivity contribution in [2.75, 3.05) is 6.61 Å². The van der Waals surface area contributed by atoms with E-state index in [9.17, 15) is 10.2 Å². The first kappa shape index (κ1) is 20.9. The van der Waals surface area contributed by atoms with Crippen LogP contribution in [-0.4, -0.2) is 40.9 Å². The minimum absolute atomic E-state index is 0.0428. The highest BCUT2D eigenvalue weighted by Crippen LogP contribution is 2.70. The van der Waals surface area contributed by atoms with Gasteiger partial charge in [0.05, 0.1) is 24.9 Å². The van der Waals surface area contributed by atoms with E-state index in [0.29, 0.717) is 36.2 Å². The Labute approximate surface area is 187 Å². The van der Waals surface area contributed by atoms with Crippen molar-refractivity contribution < 1.29 is 19.7 Å². The zero-order valence-corrected chi connectivity index (χ0v) is 19.5. The molecule has 0 radical (unpaired) electrons. The van der Waals surface area contributed by atoms with Crippen LogP contribution in [-0.2, 0) is 9.47 Å². The van der Waals surface area contributed by atoms with Crippen LogP contribution in [0.4, 0.5) is 0 Å². The van der Waals surface area contributed by atoms with Crippen molar-refractivity contribution in [3.8, 4) is 0 Å². The van der Waals surface area contributed by atoms with Crippen molar-refractivity contribution in [3.05, 3.63) is 23.8 Å². The van der Waals surface area contributed by atoms with Gasteiger partial charge in [0.25, 0.3) is 0 Å². The molecular weight excluding hydrogens is 388 g/mol. The van der Waals surface area contributed by atoms with Crippen LogP contribution in [0, 0.1) is 40.4 Å². The molecule has 11 unspecified atom stereocenters. The first-order valence-corrected chi connectivity index (χ1v) is 12.7. The number of hydrogen-bond acceptors (Lipinski definition) is 4. The molecule has 2 aliphatic heterocycles. The van der Waals surface area contributed by atoms with Crippen LogP contribution < -0.4 is 0 Å². The van der Waals surface area contributed by atoms with Crippen LogP contribution >= 0.6 is 0 Å². The van der Waals surface area contributed by atoms with E-state index in [1.54, 1.807) is 0 Å². The van der Waals surface area contributed by atoms with Crippen LogP contribution in [0.2, 0.25) is 0 Å². The first-order valence-electron chi connectivity index (χ1n) is 12.7. The fourth-order valence-corrected chi connectivity index (χ4v) is 9.63. The summed E-state index contributed by atoms with van der Waals surface area (Å²) >= 11 is 0. The fourth-order valence-electron chi connectivity index (χ4n) is 9.63.